The van der Waals surface area contributed by atoms with Gasteiger partial charge in [0.15, 0.2) is 0 Å². The number of amides is 10. The lowest BCUT2D eigenvalue weighted by atomic mass is 9.99. The number of fused-ring (bicyclic) bond motifs is 2. The molecule has 87 heavy (non-hydrogen) atoms. The summed E-state index contributed by atoms with van der Waals surface area (Å²) in [6, 6.07) is 0.594. The number of carbonyl (C=O) groups excluding carboxylic acids is 10. The number of para-hydroxylation sites is 2. The Hall–Kier alpha value is -9.00. The largest absolute Gasteiger partial charge is 0.481 e. The minimum absolute atomic E-state index is 0.0403. The predicted octanol–water partition coefficient (Wildman–Crippen LogP) is -3.36. The molecule has 20 N–H and O–H groups in total. The van der Waals surface area contributed by atoms with Crippen LogP contribution in [0.5, 0.6) is 0 Å². The molecule has 1 aliphatic rings. The summed E-state index contributed by atoms with van der Waals surface area (Å²) in [7, 11) is 0. The van der Waals surface area contributed by atoms with Crippen LogP contribution < -0.4 is 59.7 Å². The standard InChI is InChI=1S/C57H80N14O16/c1-3-30(2)48(60)55(84)63-27-46(75)64-38(17-19-45(59)74)50(79)68-40(23-31-25-61-35-13-6-4-11-33(31)35)51(80)69-42(28-72)53(82)65-37(15-8-9-21-58)49(78)67-41(24-32-26-62-36-14-7-5-12-34(32)36)52(81)70-43(29-73)56(85)71-22-10-16-44(71)54(83)66-39(57(86)87)18-20-47(76)77/h4-7,11-14,25-26,30,37-44,48,61-62,72-73H,3,8-10,15-24,27-29,58,60H2,1-2H3,(H2,59,74)(H,63,84)(H,64,75)(H,65,82)(H,66,83)(H,67,78)(H,68,79)(H,69,80)(H,70,81)(H,76,77)(H,86,87)/t30-,37-,38-,39-,40-,41-,42-,43-,44-,48-/m0/s1. The number of carboxylic acid groups (broad SMARTS) is 2. The van der Waals surface area contributed by atoms with Gasteiger partial charge in [-0.25, -0.2) is 4.79 Å². The Kier molecular flexibility index (Phi) is 26.6. The summed E-state index contributed by atoms with van der Waals surface area (Å²) in [5, 5.41) is 61.1. The first-order chi connectivity index (χ1) is 41.5. The monoisotopic (exact) mass is 1220 g/mol. The Balaban J connectivity index is 1.38. The Morgan fingerprint density at radius 2 is 1.11 bits per heavy atom. The molecule has 10 amide bonds. The average Bonchev–Trinajstić information content (AvgIpc) is 2.40. The number of aliphatic hydroxyl groups is 2. The molecule has 0 aliphatic carbocycles. The second-order valence-electron chi connectivity index (χ2n) is 21.4. The number of nitrogens with zero attached hydrogens (tertiary/aromatic N) is 1. The van der Waals surface area contributed by atoms with Gasteiger partial charge < -0.3 is 95.0 Å². The zero-order valence-electron chi connectivity index (χ0n) is 48.4. The van der Waals surface area contributed by atoms with Crippen molar-refractivity contribution in [1.29, 1.82) is 0 Å². The van der Waals surface area contributed by atoms with E-state index in [1.54, 1.807) is 67.8 Å². The summed E-state index contributed by atoms with van der Waals surface area (Å²) < 4.78 is 0. The fourth-order valence-electron chi connectivity index (χ4n) is 9.86. The number of primary amides is 1. The minimum atomic E-state index is -1.81. The molecule has 5 rings (SSSR count). The molecule has 0 unspecified atom stereocenters. The number of benzene rings is 2. The molecule has 2 aromatic carbocycles. The molecular weight excluding hydrogens is 1140 g/mol. The Morgan fingerprint density at radius 3 is 1.63 bits per heavy atom. The van der Waals surface area contributed by atoms with Crippen LogP contribution in [0.3, 0.4) is 0 Å². The maximum absolute atomic E-state index is 14.6. The highest BCUT2D eigenvalue weighted by atomic mass is 16.4. The van der Waals surface area contributed by atoms with Crippen LogP contribution in [0.25, 0.3) is 21.8 Å². The minimum Gasteiger partial charge on any atom is -0.481 e. The average molecular weight is 1220 g/mol. The van der Waals surface area contributed by atoms with Crippen LogP contribution in [0.2, 0.25) is 0 Å². The maximum atomic E-state index is 14.6. The predicted molar refractivity (Wildman–Crippen MR) is 313 cm³/mol. The van der Waals surface area contributed by atoms with E-state index in [9.17, 15) is 72.9 Å². The highest BCUT2D eigenvalue weighted by Crippen LogP contribution is 2.23. The van der Waals surface area contributed by atoms with E-state index in [-0.39, 0.29) is 64.0 Å². The molecule has 1 saturated heterocycles. The smallest absolute Gasteiger partial charge is 0.326 e. The Morgan fingerprint density at radius 1 is 0.621 bits per heavy atom. The van der Waals surface area contributed by atoms with E-state index >= 15 is 0 Å². The summed E-state index contributed by atoms with van der Waals surface area (Å²) in [5.41, 5.74) is 19.6. The molecule has 0 radical (unpaired) electrons. The molecule has 4 aromatic rings. The van der Waals surface area contributed by atoms with Crippen LogP contribution in [0, 0.1) is 5.92 Å². The van der Waals surface area contributed by atoms with Gasteiger partial charge in [0.1, 0.15) is 48.3 Å². The van der Waals surface area contributed by atoms with Crippen LogP contribution in [0.4, 0.5) is 0 Å². The zero-order chi connectivity index (χ0) is 63.9. The van der Waals surface area contributed by atoms with Crippen molar-refractivity contribution >= 4 is 92.8 Å². The van der Waals surface area contributed by atoms with Crippen molar-refractivity contribution in [3.05, 3.63) is 72.1 Å². The number of carboxylic acids is 2. The van der Waals surface area contributed by atoms with E-state index in [0.717, 1.165) is 4.90 Å². The molecule has 2 aromatic heterocycles. The number of aromatic amines is 2. The third-order valence-electron chi connectivity index (χ3n) is 15.1. The van der Waals surface area contributed by atoms with Gasteiger partial charge in [-0.3, -0.25) is 52.7 Å². The number of hydrogen-bond donors (Lipinski definition) is 17. The first-order valence-corrected chi connectivity index (χ1v) is 28.7. The van der Waals surface area contributed by atoms with E-state index in [4.69, 9.17) is 22.3 Å². The second kappa shape index (κ2) is 33.6. The quantitative estimate of drug-likeness (QED) is 0.0198. The maximum Gasteiger partial charge on any atom is 0.326 e. The van der Waals surface area contributed by atoms with E-state index in [0.29, 0.717) is 45.8 Å². The van der Waals surface area contributed by atoms with Crippen molar-refractivity contribution in [2.24, 2.45) is 23.1 Å². The van der Waals surface area contributed by atoms with Crippen LogP contribution >= 0.6 is 0 Å². The number of rotatable bonds is 36. The molecule has 30 nitrogen and oxygen atoms in total. The fourth-order valence-corrected chi connectivity index (χ4v) is 9.86. The Labute approximate surface area is 500 Å². The van der Waals surface area contributed by atoms with Crippen molar-refractivity contribution < 1.29 is 78.0 Å². The van der Waals surface area contributed by atoms with Crippen molar-refractivity contribution in [2.45, 2.75) is 145 Å². The van der Waals surface area contributed by atoms with Gasteiger partial charge in [0, 0.05) is 66.4 Å². The van der Waals surface area contributed by atoms with Gasteiger partial charge in [-0.05, 0) is 80.7 Å². The fraction of sp³-hybridized carbons (Fsp3) is 0.509. The van der Waals surface area contributed by atoms with Gasteiger partial charge >= 0.3 is 11.9 Å². The van der Waals surface area contributed by atoms with E-state index < -0.39 is 164 Å². The summed E-state index contributed by atoms with van der Waals surface area (Å²) in [4.78, 5) is 167. The van der Waals surface area contributed by atoms with Crippen LogP contribution in [0.1, 0.15) is 89.2 Å². The normalized spacial score (nSPS) is 16.1. The number of likely N-dealkylation sites (tertiary alicyclic amines) is 1. The lowest BCUT2D eigenvalue weighted by molar-refractivity contribution is -0.146. The van der Waals surface area contributed by atoms with Gasteiger partial charge in [0.2, 0.25) is 59.1 Å². The van der Waals surface area contributed by atoms with Gasteiger partial charge in [-0.15, -0.1) is 0 Å². The number of hydrogen-bond acceptors (Lipinski definition) is 16. The molecule has 30 heteroatoms. The van der Waals surface area contributed by atoms with E-state index in [1.807, 2.05) is 6.92 Å². The van der Waals surface area contributed by atoms with E-state index in [1.165, 1.54) is 0 Å². The number of nitrogens with two attached hydrogens (primary N) is 3. The molecule has 0 saturated carbocycles. The highest BCUT2D eigenvalue weighted by molar-refractivity contribution is 5.99. The molecule has 474 valence electrons. The van der Waals surface area contributed by atoms with E-state index in [2.05, 4.69) is 52.5 Å². The summed E-state index contributed by atoms with van der Waals surface area (Å²) >= 11 is 0. The first-order valence-electron chi connectivity index (χ1n) is 28.7. The molecule has 10 atom stereocenters. The molecular formula is C57H80N14O16. The number of aliphatic hydroxyl groups excluding tert-OH is 2. The SMILES string of the molecule is CC[C@H](C)[C@H](N)C(=O)NCC(=O)N[C@@H](CCC(N)=O)C(=O)N[C@@H](Cc1c[nH]c2ccccc12)C(=O)N[C@@H](CO)C(=O)N[C@@H](CCCCN)C(=O)N[C@@H](Cc1c[nH]c2ccccc12)C(=O)N[C@@H](CO)C(=O)N1CCC[C@H]1C(=O)N[C@@H](CCC(=O)O)C(=O)O. The number of aromatic nitrogens is 2. The summed E-state index contributed by atoms with van der Waals surface area (Å²) in [6.07, 6.45) is 2.32. The Bertz CT molecular complexity index is 3100. The summed E-state index contributed by atoms with van der Waals surface area (Å²) in [6.45, 7) is 1.06. The van der Waals surface area contributed by atoms with Gasteiger partial charge in [0.25, 0.3) is 0 Å². The van der Waals surface area contributed by atoms with Gasteiger partial charge in [-0.2, -0.15) is 0 Å². The zero-order valence-corrected chi connectivity index (χ0v) is 48.4. The molecule has 1 aliphatic heterocycles. The molecule has 0 spiro atoms. The number of carbonyl (C=O) groups is 12. The molecule has 3 heterocycles. The lowest BCUT2D eigenvalue weighted by Crippen LogP contribution is -2.61. The summed E-state index contributed by atoms with van der Waals surface area (Å²) in [5.74, 6) is -12.2. The number of unbranched alkanes of at least 4 members (excludes halogenated alkanes) is 1. The van der Waals surface area contributed by atoms with Crippen LogP contribution in [-0.2, 0) is 70.4 Å². The third-order valence-corrected chi connectivity index (χ3v) is 15.1. The topological polar surface area (TPSA) is 495 Å². The van der Waals surface area contributed by atoms with Crippen molar-refractivity contribution in [3.63, 3.8) is 0 Å². The van der Waals surface area contributed by atoms with Crippen molar-refractivity contribution in [3.8, 4) is 0 Å². The van der Waals surface area contributed by atoms with Crippen LogP contribution in [0.15, 0.2) is 60.9 Å². The number of H-pyrrole nitrogens is 2. The highest BCUT2D eigenvalue weighted by Gasteiger charge is 2.40. The molecule has 0 bridgehead atoms. The molecule has 1 fully saturated rings. The van der Waals surface area contributed by atoms with Gasteiger partial charge in [0.05, 0.1) is 25.8 Å². The number of nitrogens with one attached hydrogen (secondary N) is 10. The second-order valence-corrected chi connectivity index (χ2v) is 21.4. The van der Waals surface area contributed by atoms with Crippen LogP contribution in [-0.4, -0.2) is 194 Å². The van der Waals surface area contributed by atoms with Crippen molar-refractivity contribution in [1.82, 2.24) is 57.4 Å². The first kappa shape index (κ1) is 68.8. The third kappa shape index (κ3) is 20.0. The lowest BCUT2D eigenvalue weighted by Gasteiger charge is -2.30. The van der Waals surface area contributed by atoms with Gasteiger partial charge in [-0.1, -0.05) is 56.7 Å². The van der Waals surface area contributed by atoms with Crippen molar-refractivity contribution in [2.75, 3.05) is 32.8 Å². The number of aliphatic carboxylic acids is 2.